The van der Waals surface area contributed by atoms with E-state index in [2.05, 4.69) is 38.8 Å². The van der Waals surface area contributed by atoms with Crippen LogP contribution in [0, 0.1) is 13.8 Å². The van der Waals surface area contributed by atoms with Crippen molar-refractivity contribution in [2.24, 2.45) is 0 Å². The molecule has 0 saturated carbocycles. The van der Waals surface area contributed by atoms with Crippen LogP contribution in [-0.4, -0.2) is 45.0 Å². The third-order valence-corrected chi connectivity index (χ3v) is 5.88. The van der Waals surface area contributed by atoms with Gasteiger partial charge in [0.2, 0.25) is 5.16 Å². The molecule has 154 valence electrons. The molecule has 0 radical (unpaired) electrons. The van der Waals surface area contributed by atoms with Gasteiger partial charge >= 0.3 is 0 Å². The number of nitrogens with zero attached hydrogens (tertiary/aromatic N) is 3. The molecule has 1 aromatic carbocycles. The van der Waals surface area contributed by atoms with Crippen LogP contribution in [0.5, 0.6) is 0 Å². The van der Waals surface area contributed by atoms with Crippen molar-refractivity contribution in [3.8, 4) is 11.4 Å². The van der Waals surface area contributed by atoms with E-state index in [9.17, 15) is 4.79 Å². The minimum Gasteiger partial charge on any atom is -0.385 e. The lowest BCUT2D eigenvalue weighted by Crippen LogP contribution is -2.08. The highest BCUT2D eigenvalue weighted by atomic mass is 32.2. The van der Waals surface area contributed by atoms with Gasteiger partial charge in [-0.3, -0.25) is 9.89 Å². The van der Waals surface area contributed by atoms with Crippen LogP contribution in [0.15, 0.2) is 35.5 Å². The van der Waals surface area contributed by atoms with E-state index in [4.69, 9.17) is 4.74 Å². The molecular weight excluding hydrogens is 384 g/mol. The van der Waals surface area contributed by atoms with Crippen LogP contribution in [0.1, 0.15) is 40.7 Å². The van der Waals surface area contributed by atoms with Crippen LogP contribution in [0.3, 0.4) is 0 Å². The second-order valence-electron chi connectivity index (χ2n) is 7.01. The molecule has 0 aliphatic rings. The highest BCUT2D eigenvalue weighted by Crippen LogP contribution is 2.22. The molecule has 2 aromatic heterocycles. The molecule has 3 aromatic rings. The van der Waals surface area contributed by atoms with Crippen LogP contribution in [0.2, 0.25) is 0 Å². The van der Waals surface area contributed by atoms with Crippen molar-refractivity contribution in [1.82, 2.24) is 19.7 Å². The molecule has 3 rings (SSSR count). The second-order valence-corrected chi connectivity index (χ2v) is 7.95. The molecule has 7 heteroatoms. The van der Waals surface area contributed by atoms with Crippen LogP contribution in [0.4, 0.5) is 0 Å². The Hall–Kier alpha value is -2.38. The molecular formula is C22H28N4O2S. The SMILES string of the molecule is CCc1ccc(-c2nc(SCC(=O)c3cc(C)n(CCCOC)c3C)n[nH]2)cc1. The Morgan fingerprint density at radius 1 is 1.24 bits per heavy atom. The van der Waals surface area contributed by atoms with Crippen molar-refractivity contribution in [3.63, 3.8) is 0 Å². The summed E-state index contributed by atoms with van der Waals surface area (Å²) in [6, 6.07) is 10.2. The summed E-state index contributed by atoms with van der Waals surface area (Å²) >= 11 is 1.36. The number of ketones is 1. The molecule has 0 fully saturated rings. The second kappa shape index (κ2) is 9.89. The Balaban J connectivity index is 1.62. The van der Waals surface area contributed by atoms with Gasteiger partial charge in [0.1, 0.15) is 0 Å². The largest absolute Gasteiger partial charge is 0.385 e. The van der Waals surface area contributed by atoms with Crippen molar-refractivity contribution in [2.75, 3.05) is 19.5 Å². The topological polar surface area (TPSA) is 72.8 Å². The minimum atomic E-state index is 0.0970. The Morgan fingerprint density at radius 3 is 2.69 bits per heavy atom. The maximum absolute atomic E-state index is 12.8. The fourth-order valence-corrected chi connectivity index (χ4v) is 4.02. The van der Waals surface area contributed by atoms with Crippen molar-refractivity contribution >= 4 is 17.5 Å². The highest BCUT2D eigenvalue weighted by Gasteiger charge is 2.17. The third-order valence-electron chi connectivity index (χ3n) is 5.04. The van der Waals surface area contributed by atoms with E-state index >= 15 is 0 Å². The normalized spacial score (nSPS) is 11.2. The van der Waals surface area contributed by atoms with Crippen molar-refractivity contribution in [1.29, 1.82) is 0 Å². The Morgan fingerprint density at radius 2 is 2.00 bits per heavy atom. The number of methoxy groups -OCH3 is 1. The molecule has 0 saturated heterocycles. The molecule has 0 unspecified atom stereocenters. The van der Waals surface area contributed by atoms with Gasteiger partial charge in [-0.1, -0.05) is 43.0 Å². The summed E-state index contributed by atoms with van der Waals surface area (Å²) in [6.07, 6.45) is 1.93. The molecule has 0 bridgehead atoms. The minimum absolute atomic E-state index is 0.0970. The lowest BCUT2D eigenvalue weighted by Gasteiger charge is -2.09. The van der Waals surface area contributed by atoms with Gasteiger partial charge in [-0.15, -0.1) is 5.10 Å². The lowest BCUT2D eigenvalue weighted by atomic mass is 10.1. The Kier molecular flexibility index (Phi) is 7.28. The molecule has 2 heterocycles. The number of hydrogen-bond acceptors (Lipinski definition) is 5. The van der Waals surface area contributed by atoms with Crippen molar-refractivity contribution in [2.45, 2.75) is 45.3 Å². The molecule has 1 N–H and O–H groups in total. The van der Waals surface area contributed by atoms with Crippen LogP contribution in [0.25, 0.3) is 11.4 Å². The molecule has 0 aliphatic heterocycles. The number of hydrogen-bond donors (Lipinski definition) is 1. The zero-order chi connectivity index (χ0) is 20.8. The summed E-state index contributed by atoms with van der Waals surface area (Å²) in [6.45, 7) is 7.74. The summed E-state index contributed by atoms with van der Waals surface area (Å²) in [7, 11) is 1.70. The summed E-state index contributed by atoms with van der Waals surface area (Å²) in [4.78, 5) is 17.3. The maximum atomic E-state index is 12.8. The van der Waals surface area contributed by atoms with E-state index in [1.165, 1.54) is 17.3 Å². The van der Waals surface area contributed by atoms with Gasteiger partial charge in [-0.25, -0.2) is 4.98 Å². The number of aryl methyl sites for hydroxylation is 2. The van der Waals surface area contributed by atoms with Crippen LogP contribution in [-0.2, 0) is 17.7 Å². The average Bonchev–Trinajstić information content (AvgIpc) is 3.32. The first-order chi connectivity index (χ1) is 14.0. The summed E-state index contributed by atoms with van der Waals surface area (Å²) in [5.74, 6) is 1.13. The number of carbonyl (C=O) groups is 1. The Labute approximate surface area is 176 Å². The molecule has 0 amide bonds. The van der Waals surface area contributed by atoms with Gasteiger partial charge in [0.15, 0.2) is 11.6 Å². The molecule has 0 atom stereocenters. The van der Waals surface area contributed by atoms with Gasteiger partial charge in [-0.05, 0) is 38.3 Å². The summed E-state index contributed by atoms with van der Waals surface area (Å²) in [5, 5.41) is 7.80. The fourth-order valence-electron chi connectivity index (χ4n) is 3.34. The predicted molar refractivity (Wildman–Crippen MR) is 117 cm³/mol. The molecule has 6 nitrogen and oxygen atoms in total. The number of thioether (sulfide) groups is 1. The number of Topliss-reactive ketones (excluding diaryl/α,β-unsaturated/α-hetero) is 1. The van der Waals surface area contributed by atoms with E-state index in [0.29, 0.717) is 17.5 Å². The number of rotatable bonds is 10. The van der Waals surface area contributed by atoms with Crippen LogP contribution < -0.4 is 0 Å². The van der Waals surface area contributed by atoms with Gasteiger partial charge in [0.05, 0.1) is 5.75 Å². The maximum Gasteiger partial charge on any atom is 0.209 e. The fraction of sp³-hybridized carbons (Fsp3) is 0.409. The molecule has 0 spiro atoms. The van der Waals surface area contributed by atoms with Gasteiger partial charge in [-0.2, -0.15) is 0 Å². The van der Waals surface area contributed by atoms with E-state index in [0.717, 1.165) is 47.7 Å². The predicted octanol–water partition coefficient (Wildman–Crippen LogP) is 4.46. The number of aromatic amines is 1. The van der Waals surface area contributed by atoms with E-state index < -0.39 is 0 Å². The third kappa shape index (κ3) is 5.16. The van der Waals surface area contributed by atoms with E-state index in [1.807, 2.05) is 32.0 Å². The van der Waals surface area contributed by atoms with Crippen molar-refractivity contribution in [3.05, 3.63) is 52.8 Å². The van der Waals surface area contributed by atoms with Gasteiger partial charge in [0.25, 0.3) is 0 Å². The van der Waals surface area contributed by atoms with Gasteiger partial charge < -0.3 is 9.30 Å². The first-order valence-electron chi connectivity index (χ1n) is 9.86. The van der Waals surface area contributed by atoms with E-state index in [1.54, 1.807) is 7.11 Å². The van der Waals surface area contributed by atoms with Crippen LogP contribution >= 0.6 is 11.8 Å². The molecule has 0 aliphatic carbocycles. The zero-order valence-electron chi connectivity index (χ0n) is 17.5. The lowest BCUT2D eigenvalue weighted by molar-refractivity contribution is 0.102. The first kappa shape index (κ1) is 21.3. The number of H-pyrrole nitrogens is 1. The number of aromatic nitrogens is 4. The first-order valence-corrected chi connectivity index (χ1v) is 10.9. The highest BCUT2D eigenvalue weighted by molar-refractivity contribution is 7.99. The monoisotopic (exact) mass is 412 g/mol. The number of benzene rings is 1. The van der Waals surface area contributed by atoms with E-state index in [-0.39, 0.29) is 5.78 Å². The standard InChI is InChI=1S/C22H28N4O2S/c1-5-17-7-9-18(10-8-17)21-23-22(25-24-21)29-14-20(27)19-13-15(2)26(16(19)3)11-6-12-28-4/h7-10,13H,5-6,11-12,14H2,1-4H3,(H,23,24,25). The number of ether oxygens (including phenoxy) is 1. The average molecular weight is 413 g/mol. The van der Waals surface area contributed by atoms with Gasteiger partial charge in [0, 0.05) is 42.8 Å². The number of nitrogens with one attached hydrogen (secondary N) is 1. The zero-order valence-corrected chi connectivity index (χ0v) is 18.3. The quantitative estimate of drug-likeness (QED) is 0.302. The summed E-state index contributed by atoms with van der Waals surface area (Å²) < 4.78 is 7.31. The smallest absolute Gasteiger partial charge is 0.209 e. The van der Waals surface area contributed by atoms with Crippen molar-refractivity contribution < 1.29 is 9.53 Å². The summed E-state index contributed by atoms with van der Waals surface area (Å²) in [5.41, 5.74) is 5.16. The number of carbonyl (C=O) groups excluding carboxylic acids is 1. The Bertz CT molecular complexity index is 960. The molecule has 29 heavy (non-hydrogen) atoms.